The predicted molar refractivity (Wildman–Crippen MR) is 73.6 cm³/mol. The van der Waals surface area contributed by atoms with Gasteiger partial charge in [-0.3, -0.25) is 0 Å². The Bertz CT molecular complexity index is 498. The van der Waals surface area contributed by atoms with E-state index in [4.69, 9.17) is 17.3 Å². The molecule has 0 saturated heterocycles. The van der Waals surface area contributed by atoms with E-state index in [0.717, 1.165) is 22.3 Å². The molecule has 2 N–H and O–H groups in total. The Hall–Kier alpha value is -1.10. The average Bonchev–Trinajstić information content (AvgIpc) is 2.75. The van der Waals surface area contributed by atoms with Crippen LogP contribution < -0.4 is 10.6 Å². The summed E-state index contributed by atoms with van der Waals surface area (Å²) >= 11 is 7.50. The molecule has 0 aromatic carbocycles. The summed E-state index contributed by atoms with van der Waals surface area (Å²) in [7, 11) is 2.01. The first-order valence-corrected chi connectivity index (χ1v) is 6.49. The van der Waals surface area contributed by atoms with Gasteiger partial charge in [0.05, 0.1) is 10.9 Å². The van der Waals surface area contributed by atoms with Crippen LogP contribution in [0.4, 0.5) is 5.82 Å². The number of hydrogen-bond acceptors (Lipinski definition) is 4. The number of nitrogens with two attached hydrogens (primary N) is 1. The van der Waals surface area contributed by atoms with E-state index in [1.54, 1.807) is 17.5 Å². The third kappa shape index (κ3) is 3.19. The predicted octanol–water partition coefficient (Wildman–Crippen LogP) is 2.89. The molecular weight excluding hydrogens is 254 g/mol. The molecule has 2 aromatic rings. The topological polar surface area (TPSA) is 42.1 Å². The standard InChI is InChI=1S/C12H14ClN3S/c1-16(8-10-2-3-11(13)17-10)12-6-9(7-14)4-5-15-12/h2-6H,7-8,14H2,1H3. The molecule has 2 aromatic heterocycles. The molecule has 90 valence electrons. The highest BCUT2D eigenvalue weighted by Gasteiger charge is 2.06. The van der Waals surface area contributed by atoms with E-state index >= 15 is 0 Å². The van der Waals surface area contributed by atoms with Gasteiger partial charge < -0.3 is 10.6 Å². The van der Waals surface area contributed by atoms with Crippen molar-refractivity contribution in [3.05, 3.63) is 45.2 Å². The molecule has 2 rings (SSSR count). The van der Waals surface area contributed by atoms with E-state index in [-0.39, 0.29) is 0 Å². The average molecular weight is 268 g/mol. The van der Waals surface area contributed by atoms with Gasteiger partial charge in [-0.25, -0.2) is 4.98 Å². The van der Waals surface area contributed by atoms with E-state index in [9.17, 15) is 0 Å². The van der Waals surface area contributed by atoms with Crippen molar-refractivity contribution < 1.29 is 0 Å². The van der Waals surface area contributed by atoms with Crippen LogP contribution in [-0.2, 0) is 13.1 Å². The van der Waals surface area contributed by atoms with Gasteiger partial charge in [-0.1, -0.05) is 11.6 Å². The van der Waals surface area contributed by atoms with Crippen molar-refractivity contribution >= 4 is 28.8 Å². The SMILES string of the molecule is CN(Cc1ccc(Cl)s1)c1cc(CN)ccn1. The van der Waals surface area contributed by atoms with E-state index in [0.29, 0.717) is 6.54 Å². The maximum Gasteiger partial charge on any atom is 0.128 e. The lowest BCUT2D eigenvalue weighted by Crippen LogP contribution is -2.17. The van der Waals surface area contributed by atoms with Crippen molar-refractivity contribution in [1.29, 1.82) is 0 Å². The van der Waals surface area contributed by atoms with E-state index in [1.165, 1.54) is 4.88 Å². The zero-order valence-electron chi connectivity index (χ0n) is 9.56. The minimum absolute atomic E-state index is 0.536. The number of aromatic nitrogens is 1. The zero-order chi connectivity index (χ0) is 12.3. The summed E-state index contributed by atoms with van der Waals surface area (Å²) in [6, 6.07) is 7.89. The Kier molecular flexibility index (Phi) is 3.99. The van der Waals surface area contributed by atoms with Crippen LogP contribution in [0.1, 0.15) is 10.4 Å². The first-order chi connectivity index (χ1) is 8.19. The van der Waals surface area contributed by atoms with E-state index in [2.05, 4.69) is 9.88 Å². The number of nitrogens with zero attached hydrogens (tertiary/aromatic N) is 2. The quantitative estimate of drug-likeness (QED) is 0.926. The van der Waals surface area contributed by atoms with Crippen LogP contribution in [0, 0.1) is 0 Å². The molecule has 0 spiro atoms. The number of halogens is 1. The molecule has 0 bridgehead atoms. The van der Waals surface area contributed by atoms with Crippen LogP contribution in [-0.4, -0.2) is 12.0 Å². The molecule has 0 unspecified atom stereocenters. The maximum atomic E-state index is 5.91. The summed E-state index contributed by atoms with van der Waals surface area (Å²) < 4.78 is 0.817. The summed E-state index contributed by atoms with van der Waals surface area (Å²) in [5, 5.41) is 0. The maximum absolute atomic E-state index is 5.91. The van der Waals surface area contributed by atoms with Gasteiger partial charge in [0.25, 0.3) is 0 Å². The molecule has 0 atom stereocenters. The highest BCUT2D eigenvalue weighted by Crippen LogP contribution is 2.23. The molecule has 17 heavy (non-hydrogen) atoms. The zero-order valence-corrected chi connectivity index (χ0v) is 11.1. The Morgan fingerprint density at radius 1 is 1.41 bits per heavy atom. The number of rotatable bonds is 4. The molecule has 2 heterocycles. The third-order valence-electron chi connectivity index (χ3n) is 2.46. The second-order valence-corrected chi connectivity index (χ2v) is 5.59. The second kappa shape index (κ2) is 5.49. The summed E-state index contributed by atoms with van der Waals surface area (Å²) in [6.45, 7) is 1.34. The highest BCUT2D eigenvalue weighted by atomic mass is 35.5. The summed E-state index contributed by atoms with van der Waals surface area (Å²) in [6.07, 6.45) is 1.79. The van der Waals surface area contributed by atoms with Crippen LogP contribution in [0.5, 0.6) is 0 Å². The lowest BCUT2D eigenvalue weighted by molar-refractivity contribution is 0.906. The fourth-order valence-corrected chi connectivity index (χ4v) is 2.69. The van der Waals surface area contributed by atoms with Crippen molar-refractivity contribution in [3.8, 4) is 0 Å². The molecule has 0 amide bonds. The van der Waals surface area contributed by atoms with Crippen molar-refractivity contribution in [2.45, 2.75) is 13.1 Å². The Labute approximate surface area is 110 Å². The molecule has 5 heteroatoms. The normalized spacial score (nSPS) is 10.5. The van der Waals surface area contributed by atoms with Gasteiger partial charge in [-0.2, -0.15) is 0 Å². The molecule has 0 saturated carbocycles. The lowest BCUT2D eigenvalue weighted by atomic mass is 10.2. The van der Waals surface area contributed by atoms with Crippen molar-refractivity contribution in [3.63, 3.8) is 0 Å². The number of pyridine rings is 1. The molecule has 0 fully saturated rings. The molecule has 0 radical (unpaired) electrons. The first kappa shape index (κ1) is 12.4. The monoisotopic (exact) mass is 267 g/mol. The first-order valence-electron chi connectivity index (χ1n) is 5.29. The fraction of sp³-hybridized carbons (Fsp3) is 0.250. The largest absolute Gasteiger partial charge is 0.355 e. The third-order valence-corrected chi connectivity index (χ3v) is 3.67. The number of thiophene rings is 1. The molecule has 3 nitrogen and oxygen atoms in total. The van der Waals surface area contributed by atoms with Gasteiger partial charge in [0, 0.05) is 24.7 Å². The molecule has 0 aliphatic heterocycles. The van der Waals surface area contributed by atoms with Crippen molar-refractivity contribution in [1.82, 2.24) is 4.98 Å². The van der Waals surface area contributed by atoms with E-state index in [1.807, 2.05) is 31.3 Å². The van der Waals surface area contributed by atoms with Crippen molar-refractivity contribution in [2.75, 3.05) is 11.9 Å². The fourth-order valence-electron chi connectivity index (χ4n) is 1.55. The molecule has 0 aliphatic rings. The molecular formula is C12H14ClN3S. The van der Waals surface area contributed by atoms with Gasteiger partial charge in [0.15, 0.2) is 0 Å². The smallest absolute Gasteiger partial charge is 0.128 e. The van der Waals surface area contributed by atoms with Crippen LogP contribution >= 0.6 is 22.9 Å². The number of anilines is 1. The summed E-state index contributed by atoms with van der Waals surface area (Å²) in [5.41, 5.74) is 6.70. The van der Waals surface area contributed by atoms with Gasteiger partial charge in [-0.15, -0.1) is 11.3 Å². The number of hydrogen-bond donors (Lipinski definition) is 1. The lowest BCUT2D eigenvalue weighted by Gasteiger charge is -2.17. The van der Waals surface area contributed by atoms with Gasteiger partial charge in [0.1, 0.15) is 5.82 Å². The summed E-state index contributed by atoms with van der Waals surface area (Å²) in [5.74, 6) is 0.928. The van der Waals surface area contributed by atoms with Gasteiger partial charge >= 0.3 is 0 Å². The Balaban J connectivity index is 2.11. The minimum Gasteiger partial charge on any atom is -0.355 e. The van der Waals surface area contributed by atoms with Crippen LogP contribution in [0.3, 0.4) is 0 Å². The summed E-state index contributed by atoms with van der Waals surface area (Å²) in [4.78, 5) is 7.64. The van der Waals surface area contributed by atoms with E-state index < -0.39 is 0 Å². The molecule has 0 aliphatic carbocycles. The van der Waals surface area contributed by atoms with Gasteiger partial charge in [-0.05, 0) is 29.8 Å². The Morgan fingerprint density at radius 2 is 2.24 bits per heavy atom. The highest BCUT2D eigenvalue weighted by molar-refractivity contribution is 7.16. The minimum atomic E-state index is 0.536. The van der Waals surface area contributed by atoms with Crippen LogP contribution in [0.15, 0.2) is 30.5 Å². The Morgan fingerprint density at radius 3 is 2.88 bits per heavy atom. The second-order valence-electron chi connectivity index (χ2n) is 3.79. The van der Waals surface area contributed by atoms with Crippen LogP contribution in [0.2, 0.25) is 4.34 Å². The van der Waals surface area contributed by atoms with Crippen LogP contribution in [0.25, 0.3) is 0 Å². The van der Waals surface area contributed by atoms with Crippen molar-refractivity contribution in [2.24, 2.45) is 5.73 Å². The van der Waals surface area contributed by atoms with Gasteiger partial charge in [0.2, 0.25) is 0 Å².